The first-order chi connectivity index (χ1) is 10.1. The Hall–Kier alpha value is -0.830. The summed E-state index contributed by atoms with van der Waals surface area (Å²) >= 11 is 13.4. The fraction of sp³-hybridized carbons (Fsp3) is 0.111. The monoisotopic (exact) mass is 422 g/mol. The van der Waals surface area contributed by atoms with Gasteiger partial charge in [-0.25, -0.2) is 0 Å². The van der Waals surface area contributed by atoms with Crippen LogP contribution in [0.15, 0.2) is 65.1 Å². The molecule has 0 saturated heterocycles. The number of rotatable bonds is 3. The maximum Gasteiger partial charge on any atom is 0.0447 e. The molecule has 0 aliphatic carbocycles. The van der Waals surface area contributed by atoms with Crippen LogP contribution in [0.4, 0.5) is 0 Å². The zero-order chi connectivity index (χ0) is 14.8. The summed E-state index contributed by atoms with van der Waals surface area (Å²) in [5.41, 5.74) is 2.56. The van der Waals surface area contributed by atoms with Crippen LogP contribution in [0.2, 0.25) is 5.02 Å². The van der Waals surface area contributed by atoms with E-state index >= 15 is 0 Å². The molecule has 0 aliphatic rings. The smallest absolute Gasteiger partial charge is 0.0447 e. The predicted molar refractivity (Wildman–Crippen MR) is 98.5 cm³/mol. The molecule has 0 N–H and O–H groups in total. The Labute approximate surface area is 146 Å². The Morgan fingerprint density at radius 1 is 0.952 bits per heavy atom. The van der Waals surface area contributed by atoms with Crippen LogP contribution in [-0.4, -0.2) is 0 Å². The molecule has 0 fully saturated rings. The quantitative estimate of drug-likeness (QED) is 0.400. The highest BCUT2D eigenvalue weighted by Gasteiger charge is 2.13. The molecule has 0 radical (unpaired) electrons. The van der Waals surface area contributed by atoms with E-state index in [1.54, 1.807) is 0 Å². The highest BCUT2D eigenvalue weighted by atomic mass is 79.9. The van der Waals surface area contributed by atoms with Crippen LogP contribution in [0.25, 0.3) is 10.8 Å². The third-order valence-corrected chi connectivity index (χ3v) is 5.32. The van der Waals surface area contributed by atoms with Crippen LogP contribution in [0.3, 0.4) is 0 Å². The zero-order valence-electron chi connectivity index (χ0n) is 11.2. The molecule has 0 aromatic heterocycles. The minimum Gasteiger partial charge on any atom is -0.0843 e. The predicted octanol–water partition coefficient (Wildman–Crippen LogP) is 6.93. The SMILES string of the molecule is Clc1ccc(C(Br)Cc2cccc3ccccc23)c(Br)c1. The molecule has 3 aromatic rings. The topological polar surface area (TPSA) is 0 Å². The van der Waals surface area contributed by atoms with Crippen molar-refractivity contribution in [3.05, 3.63) is 81.3 Å². The van der Waals surface area contributed by atoms with Crippen molar-refractivity contribution in [3.63, 3.8) is 0 Å². The molecule has 1 unspecified atom stereocenters. The van der Waals surface area contributed by atoms with Gasteiger partial charge >= 0.3 is 0 Å². The molecule has 0 nitrogen and oxygen atoms in total. The van der Waals surface area contributed by atoms with Crippen molar-refractivity contribution in [3.8, 4) is 0 Å². The van der Waals surface area contributed by atoms with Crippen LogP contribution >= 0.6 is 43.5 Å². The lowest BCUT2D eigenvalue weighted by Gasteiger charge is -2.14. The third kappa shape index (κ3) is 3.33. The van der Waals surface area contributed by atoms with E-state index in [1.165, 1.54) is 21.9 Å². The summed E-state index contributed by atoms with van der Waals surface area (Å²) in [6.45, 7) is 0. The molecule has 106 valence electrons. The molecule has 0 bridgehead atoms. The highest BCUT2D eigenvalue weighted by Crippen LogP contribution is 2.35. The molecule has 0 aliphatic heterocycles. The molecule has 0 amide bonds. The molecule has 3 aromatic carbocycles. The van der Waals surface area contributed by atoms with E-state index in [4.69, 9.17) is 11.6 Å². The van der Waals surface area contributed by atoms with Gasteiger partial charge in [0.05, 0.1) is 0 Å². The van der Waals surface area contributed by atoms with Crippen molar-refractivity contribution in [2.45, 2.75) is 11.2 Å². The van der Waals surface area contributed by atoms with E-state index in [2.05, 4.69) is 80.4 Å². The van der Waals surface area contributed by atoms with Gasteiger partial charge < -0.3 is 0 Å². The van der Waals surface area contributed by atoms with Gasteiger partial charge in [0.1, 0.15) is 0 Å². The van der Waals surface area contributed by atoms with Crippen molar-refractivity contribution in [2.75, 3.05) is 0 Å². The fourth-order valence-corrected chi connectivity index (χ4v) is 4.54. The molecular formula is C18H13Br2Cl. The first-order valence-corrected chi connectivity index (χ1v) is 8.79. The van der Waals surface area contributed by atoms with Gasteiger partial charge in [0.25, 0.3) is 0 Å². The zero-order valence-corrected chi connectivity index (χ0v) is 15.1. The maximum atomic E-state index is 6.01. The number of halogens is 3. The van der Waals surface area contributed by atoms with Crippen molar-refractivity contribution in [1.29, 1.82) is 0 Å². The van der Waals surface area contributed by atoms with Crippen LogP contribution in [0.5, 0.6) is 0 Å². The summed E-state index contributed by atoms with van der Waals surface area (Å²) in [5.74, 6) is 0. The van der Waals surface area contributed by atoms with Gasteiger partial charge in [-0.05, 0) is 40.5 Å². The van der Waals surface area contributed by atoms with Crippen molar-refractivity contribution < 1.29 is 0 Å². The molecule has 0 spiro atoms. The minimum absolute atomic E-state index is 0.245. The maximum absolute atomic E-state index is 6.01. The fourth-order valence-electron chi connectivity index (χ4n) is 2.53. The van der Waals surface area contributed by atoms with E-state index in [1.807, 2.05) is 12.1 Å². The lowest BCUT2D eigenvalue weighted by atomic mass is 9.98. The van der Waals surface area contributed by atoms with Crippen LogP contribution < -0.4 is 0 Å². The molecular weight excluding hydrogens is 411 g/mol. The highest BCUT2D eigenvalue weighted by molar-refractivity contribution is 9.11. The Bertz CT molecular complexity index is 778. The average molecular weight is 425 g/mol. The molecule has 21 heavy (non-hydrogen) atoms. The summed E-state index contributed by atoms with van der Waals surface area (Å²) in [5, 5.41) is 3.34. The standard InChI is InChI=1S/C18H13Br2Cl/c19-17(16-9-8-14(21)11-18(16)20)10-13-6-3-5-12-4-1-2-7-15(12)13/h1-9,11,17H,10H2. The normalized spacial score (nSPS) is 12.5. The van der Waals surface area contributed by atoms with Crippen molar-refractivity contribution >= 4 is 54.2 Å². The van der Waals surface area contributed by atoms with Gasteiger partial charge in [-0.1, -0.05) is 92.0 Å². The molecule has 1 atom stereocenters. The van der Waals surface area contributed by atoms with Crippen molar-refractivity contribution in [2.24, 2.45) is 0 Å². The molecule has 3 heteroatoms. The Kier molecular flexibility index (Phi) is 4.68. The number of hydrogen-bond acceptors (Lipinski definition) is 0. The average Bonchev–Trinajstić information content (AvgIpc) is 2.47. The minimum atomic E-state index is 0.245. The largest absolute Gasteiger partial charge is 0.0843 e. The first kappa shape index (κ1) is 15.1. The van der Waals surface area contributed by atoms with Gasteiger partial charge in [0.2, 0.25) is 0 Å². The van der Waals surface area contributed by atoms with E-state index in [-0.39, 0.29) is 4.83 Å². The van der Waals surface area contributed by atoms with Gasteiger partial charge in [-0.2, -0.15) is 0 Å². The lowest BCUT2D eigenvalue weighted by Crippen LogP contribution is -1.97. The molecule has 0 saturated carbocycles. The van der Waals surface area contributed by atoms with Crippen molar-refractivity contribution in [1.82, 2.24) is 0 Å². The van der Waals surface area contributed by atoms with E-state index in [9.17, 15) is 0 Å². The van der Waals surface area contributed by atoms with E-state index in [0.29, 0.717) is 0 Å². The Morgan fingerprint density at radius 2 is 1.71 bits per heavy atom. The second kappa shape index (κ2) is 6.51. The van der Waals surface area contributed by atoms with Crippen LogP contribution in [0.1, 0.15) is 16.0 Å². The van der Waals surface area contributed by atoms with E-state index in [0.717, 1.165) is 15.9 Å². The summed E-state index contributed by atoms with van der Waals surface area (Å²) in [7, 11) is 0. The number of fused-ring (bicyclic) bond motifs is 1. The van der Waals surface area contributed by atoms with Gasteiger partial charge in [-0.3, -0.25) is 0 Å². The Balaban J connectivity index is 1.94. The van der Waals surface area contributed by atoms with Gasteiger partial charge in [0, 0.05) is 14.3 Å². The van der Waals surface area contributed by atoms with Gasteiger partial charge in [-0.15, -0.1) is 0 Å². The lowest BCUT2D eigenvalue weighted by molar-refractivity contribution is 0.952. The molecule has 3 rings (SSSR count). The number of benzene rings is 3. The summed E-state index contributed by atoms with van der Waals surface area (Å²) in [6, 6.07) is 20.9. The van der Waals surface area contributed by atoms with Gasteiger partial charge in [0.15, 0.2) is 0 Å². The molecule has 0 heterocycles. The first-order valence-electron chi connectivity index (χ1n) is 6.71. The van der Waals surface area contributed by atoms with Crippen LogP contribution in [-0.2, 0) is 6.42 Å². The summed E-state index contributed by atoms with van der Waals surface area (Å²) in [4.78, 5) is 0.245. The number of alkyl halides is 1. The summed E-state index contributed by atoms with van der Waals surface area (Å²) in [6.07, 6.45) is 0.932. The summed E-state index contributed by atoms with van der Waals surface area (Å²) < 4.78 is 1.04. The third-order valence-electron chi connectivity index (χ3n) is 3.58. The van der Waals surface area contributed by atoms with E-state index < -0.39 is 0 Å². The number of hydrogen-bond donors (Lipinski definition) is 0. The second-order valence-corrected chi connectivity index (χ2v) is 7.37. The second-order valence-electron chi connectivity index (χ2n) is 4.98. The Morgan fingerprint density at radius 3 is 2.52 bits per heavy atom. The van der Waals surface area contributed by atoms with Crippen LogP contribution in [0, 0.1) is 0 Å².